The van der Waals surface area contributed by atoms with Gasteiger partial charge in [0.15, 0.2) is 0 Å². The van der Waals surface area contributed by atoms with Crippen molar-refractivity contribution in [2.24, 2.45) is 0 Å². The van der Waals surface area contributed by atoms with Gasteiger partial charge in [0.1, 0.15) is 0 Å². The average molecular weight is 311 g/mol. The molecule has 4 nitrogen and oxygen atoms in total. The van der Waals surface area contributed by atoms with Crippen LogP contribution in [-0.2, 0) is 17.8 Å². The second-order valence-electron chi connectivity index (χ2n) is 6.17. The van der Waals surface area contributed by atoms with E-state index in [9.17, 15) is 4.79 Å². The van der Waals surface area contributed by atoms with E-state index in [1.165, 1.54) is 18.1 Å². The number of rotatable bonds is 6. The maximum atomic E-state index is 11.0. The summed E-state index contributed by atoms with van der Waals surface area (Å²) in [6.07, 6.45) is 2.81. The maximum absolute atomic E-state index is 11.0. The SMILES string of the molecule is CC(=O)Nc1ccc(CN(C)C(C)Cc2cc(C)ccn2)cc1. The number of hydrogen-bond donors (Lipinski definition) is 1. The van der Waals surface area contributed by atoms with Gasteiger partial charge in [0.05, 0.1) is 0 Å². The van der Waals surface area contributed by atoms with E-state index in [-0.39, 0.29) is 5.91 Å². The monoisotopic (exact) mass is 311 g/mol. The number of pyridine rings is 1. The standard InChI is InChI=1S/C19H25N3O/c1-14-9-10-20-19(11-14)12-15(2)22(4)13-17-5-7-18(8-6-17)21-16(3)23/h5-11,15H,12-13H2,1-4H3,(H,21,23). The highest BCUT2D eigenvalue weighted by molar-refractivity contribution is 5.88. The molecule has 122 valence electrons. The van der Waals surface area contributed by atoms with Crippen LogP contribution in [0.15, 0.2) is 42.6 Å². The summed E-state index contributed by atoms with van der Waals surface area (Å²) in [4.78, 5) is 17.8. The molecule has 0 spiro atoms. The molecule has 0 aliphatic heterocycles. The number of anilines is 1. The first-order valence-corrected chi connectivity index (χ1v) is 7.92. The summed E-state index contributed by atoms with van der Waals surface area (Å²) < 4.78 is 0. The summed E-state index contributed by atoms with van der Waals surface area (Å²) in [5, 5.41) is 2.79. The lowest BCUT2D eigenvalue weighted by Crippen LogP contribution is -2.30. The van der Waals surface area contributed by atoms with Crippen molar-refractivity contribution in [3.8, 4) is 0 Å². The first-order chi connectivity index (χ1) is 10.9. The van der Waals surface area contributed by atoms with Crippen LogP contribution in [0.4, 0.5) is 5.69 Å². The lowest BCUT2D eigenvalue weighted by molar-refractivity contribution is -0.114. The number of nitrogens with zero attached hydrogens (tertiary/aromatic N) is 2. The predicted octanol–water partition coefficient (Wildman–Crippen LogP) is 3.41. The van der Waals surface area contributed by atoms with Crippen LogP contribution in [0.3, 0.4) is 0 Å². The minimum Gasteiger partial charge on any atom is -0.326 e. The van der Waals surface area contributed by atoms with Crippen molar-refractivity contribution in [3.63, 3.8) is 0 Å². The third-order valence-electron chi connectivity index (χ3n) is 3.94. The van der Waals surface area contributed by atoms with Gasteiger partial charge in [-0.05, 0) is 56.3 Å². The number of aryl methyl sites for hydroxylation is 1. The Bertz CT molecular complexity index is 652. The molecular weight excluding hydrogens is 286 g/mol. The van der Waals surface area contributed by atoms with E-state index in [4.69, 9.17) is 0 Å². The molecule has 0 saturated carbocycles. The number of hydrogen-bond acceptors (Lipinski definition) is 3. The van der Waals surface area contributed by atoms with Crippen molar-refractivity contribution in [2.75, 3.05) is 12.4 Å². The van der Waals surface area contributed by atoms with Gasteiger partial charge in [0.2, 0.25) is 5.91 Å². The summed E-state index contributed by atoms with van der Waals surface area (Å²) >= 11 is 0. The molecule has 0 radical (unpaired) electrons. The molecular formula is C19H25N3O. The highest BCUT2D eigenvalue weighted by Crippen LogP contribution is 2.14. The molecule has 2 aromatic rings. The zero-order valence-corrected chi connectivity index (χ0v) is 14.3. The van der Waals surface area contributed by atoms with Crippen LogP contribution >= 0.6 is 0 Å². The molecule has 0 fully saturated rings. The normalized spacial score (nSPS) is 12.2. The molecule has 1 aromatic carbocycles. The highest BCUT2D eigenvalue weighted by atomic mass is 16.1. The molecule has 1 aromatic heterocycles. The summed E-state index contributed by atoms with van der Waals surface area (Å²) in [7, 11) is 2.13. The van der Waals surface area contributed by atoms with Crippen LogP contribution in [0.5, 0.6) is 0 Å². The summed E-state index contributed by atoms with van der Waals surface area (Å²) in [5.41, 5.74) is 4.44. The molecule has 1 N–H and O–H groups in total. The molecule has 0 bridgehead atoms. The number of nitrogens with one attached hydrogen (secondary N) is 1. The molecule has 23 heavy (non-hydrogen) atoms. The lowest BCUT2D eigenvalue weighted by Gasteiger charge is -2.24. The summed E-state index contributed by atoms with van der Waals surface area (Å²) in [5.74, 6) is -0.0471. The topological polar surface area (TPSA) is 45.2 Å². The number of aromatic nitrogens is 1. The second kappa shape index (κ2) is 7.88. The molecule has 1 unspecified atom stereocenters. The Hall–Kier alpha value is -2.20. The first kappa shape index (κ1) is 17.2. The van der Waals surface area contributed by atoms with E-state index in [1.807, 2.05) is 24.4 Å². The van der Waals surface area contributed by atoms with Crippen molar-refractivity contribution in [3.05, 3.63) is 59.4 Å². The van der Waals surface area contributed by atoms with Crippen molar-refractivity contribution in [2.45, 2.75) is 39.8 Å². The predicted molar refractivity (Wildman–Crippen MR) is 94.4 cm³/mol. The fraction of sp³-hybridized carbons (Fsp3) is 0.368. The molecule has 4 heteroatoms. The molecule has 1 heterocycles. The highest BCUT2D eigenvalue weighted by Gasteiger charge is 2.11. The van der Waals surface area contributed by atoms with E-state index in [2.05, 4.69) is 54.3 Å². The first-order valence-electron chi connectivity index (χ1n) is 7.92. The van der Waals surface area contributed by atoms with E-state index in [0.29, 0.717) is 6.04 Å². The van der Waals surface area contributed by atoms with Crippen molar-refractivity contribution < 1.29 is 4.79 Å². The largest absolute Gasteiger partial charge is 0.326 e. The van der Waals surface area contributed by atoms with Crippen LogP contribution in [0.1, 0.15) is 30.7 Å². The zero-order chi connectivity index (χ0) is 16.8. The average Bonchev–Trinajstić information content (AvgIpc) is 2.48. The Balaban J connectivity index is 1.92. The van der Waals surface area contributed by atoms with Gasteiger partial charge in [-0.25, -0.2) is 0 Å². The Morgan fingerprint density at radius 1 is 1.26 bits per heavy atom. The fourth-order valence-corrected chi connectivity index (χ4v) is 2.51. The van der Waals surface area contributed by atoms with Crippen LogP contribution < -0.4 is 5.32 Å². The number of carbonyl (C=O) groups is 1. The number of likely N-dealkylation sites (N-methyl/N-ethyl adjacent to an activating group) is 1. The molecule has 2 rings (SSSR count). The van der Waals surface area contributed by atoms with E-state index in [1.54, 1.807) is 0 Å². The van der Waals surface area contributed by atoms with Gasteiger partial charge in [-0.15, -0.1) is 0 Å². The van der Waals surface area contributed by atoms with Gasteiger partial charge >= 0.3 is 0 Å². The number of benzene rings is 1. The lowest BCUT2D eigenvalue weighted by atomic mass is 10.1. The van der Waals surface area contributed by atoms with Crippen LogP contribution in [0.25, 0.3) is 0 Å². The minimum absolute atomic E-state index is 0.0471. The third-order valence-corrected chi connectivity index (χ3v) is 3.94. The van der Waals surface area contributed by atoms with Gasteiger partial charge in [0, 0.05) is 43.5 Å². The summed E-state index contributed by atoms with van der Waals surface area (Å²) in [6, 6.07) is 12.6. The van der Waals surface area contributed by atoms with Gasteiger partial charge in [-0.1, -0.05) is 12.1 Å². The van der Waals surface area contributed by atoms with Gasteiger partial charge in [-0.2, -0.15) is 0 Å². The van der Waals surface area contributed by atoms with E-state index < -0.39 is 0 Å². The quantitative estimate of drug-likeness (QED) is 0.889. The minimum atomic E-state index is -0.0471. The number of amides is 1. The second-order valence-corrected chi connectivity index (χ2v) is 6.17. The van der Waals surface area contributed by atoms with Gasteiger partial charge in [0.25, 0.3) is 0 Å². The number of carbonyl (C=O) groups excluding carboxylic acids is 1. The van der Waals surface area contributed by atoms with Gasteiger partial charge in [-0.3, -0.25) is 14.7 Å². The molecule has 0 saturated heterocycles. The Labute approximate surface area is 138 Å². The Morgan fingerprint density at radius 3 is 2.57 bits per heavy atom. The van der Waals surface area contributed by atoms with Crippen LogP contribution in [0, 0.1) is 6.92 Å². The maximum Gasteiger partial charge on any atom is 0.221 e. The van der Waals surface area contributed by atoms with Crippen LogP contribution in [0.2, 0.25) is 0 Å². The third kappa shape index (κ3) is 5.49. The van der Waals surface area contributed by atoms with Gasteiger partial charge < -0.3 is 5.32 Å². The van der Waals surface area contributed by atoms with Crippen molar-refractivity contribution in [1.29, 1.82) is 0 Å². The van der Waals surface area contributed by atoms with E-state index in [0.717, 1.165) is 24.3 Å². The molecule has 1 atom stereocenters. The van der Waals surface area contributed by atoms with Crippen molar-refractivity contribution >= 4 is 11.6 Å². The smallest absolute Gasteiger partial charge is 0.221 e. The van der Waals surface area contributed by atoms with Crippen LogP contribution in [-0.4, -0.2) is 28.9 Å². The van der Waals surface area contributed by atoms with E-state index >= 15 is 0 Å². The fourth-order valence-electron chi connectivity index (χ4n) is 2.51. The Kier molecular flexibility index (Phi) is 5.88. The Morgan fingerprint density at radius 2 is 1.96 bits per heavy atom. The zero-order valence-electron chi connectivity index (χ0n) is 14.3. The molecule has 0 aliphatic rings. The molecule has 0 aliphatic carbocycles. The summed E-state index contributed by atoms with van der Waals surface area (Å²) in [6.45, 7) is 6.70. The molecule has 1 amide bonds. The van der Waals surface area contributed by atoms with Crippen molar-refractivity contribution in [1.82, 2.24) is 9.88 Å².